The van der Waals surface area contributed by atoms with Gasteiger partial charge in [0.25, 0.3) is 0 Å². The highest BCUT2D eigenvalue weighted by Gasteiger charge is 2.31. The first kappa shape index (κ1) is 20.6. The van der Waals surface area contributed by atoms with E-state index in [4.69, 9.17) is 5.73 Å². The number of aromatic nitrogens is 2. The lowest BCUT2D eigenvalue weighted by molar-refractivity contribution is -0.123. The van der Waals surface area contributed by atoms with Crippen molar-refractivity contribution in [2.75, 3.05) is 13.1 Å². The van der Waals surface area contributed by atoms with Crippen molar-refractivity contribution in [3.8, 4) is 0 Å². The molecule has 1 aromatic heterocycles. The highest BCUT2D eigenvalue weighted by atomic mass is 16.1. The average molecular weight is 405 g/mol. The zero-order valence-corrected chi connectivity index (χ0v) is 17.8. The first-order chi connectivity index (χ1) is 14.6. The van der Waals surface area contributed by atoms with Crippen LogP contribution in [0.25, 0.3) is 10.9 Å². The molecule has 0 radical (unpaired) electrons. The Balaban J connectivity index is 1.58. The summed E-state index contributed by atoms with van der Waals surface area (Å²) < 4.78 is 0. The van der Waals surface area contributed by atoms with E-state index in [1.807, 2.05) is 24.4 Å². The molecule has 3 N–H and O–H groups in total. The van der Waals surface area contributed by atoms with Crippen molar-refractivity contribution in [2.24, 2.45) is 11.7 Å². The van der Waals surface area contributed by atoms with Crippen LogP contribution in [0, 0.1) is 5.92 Å². The maximum absolute atomic E-state index is 12.5. The Labute approximate surface area is 178 Å². The van der Waals surface area contributed by atoms with Gasteiger partial charge in [-0.05, 0) is 68.0 Å². The third-order valence-electron chi connectivity index (χ3n) is 6.70. The summed E-state index contributed by atoms with van der Waals surface area (Å²) in [6, 6.07) is 17.1. The van der Waals surface area contributed by atoms with E-state index < -0.39 is 0 Å². The quantitative estimate of drug-likeness (QED) is 0.589. The van der Waals surface area contributed by atoms with Crippen molar-refractivity contribution < 1.29 is 4.79 Å². The Hall–Kier alpha value is -2.66. The monoisotopic (exact) mass is 404 g/mol. The number of carbonyl (C=O) groups is 1. The number of carbonyl (C=O) groups excluding carboxylic acids is 1. The van der Waals surface area contributed by atoms with Crippen molar-refractivity contribution in [3.05, 3.63) is 65.9 Å². The average Bonchev–Trinajstić information content (AvgIpc) is 3.25. The van der Waals surface area contributed by atoms with Gasteiger partial charge >= 0.3 is 0 Å². The van der Waals surface area contributed by atoms with E-state index in [1.165, 1.54) is 30.4 Å². The molecule has 2 aromatic carbocycles. The predicted octanol–water partition coefficient (Wildman–Crippen LogP) is 4.26. The summed E-state index contributed by atoms with van der Waals surface area (Å²) in [6.07, 6.45) is 7.34. The molecule has 3 aromatic rings. The molecule has 5 nitrogen and oxygen atoms in total. The van der Waals surface area contributed by atoms with Crippen LogP contribution in [-0.4, -0.2) is 40.1 Å². The van der Waals surface area contributed by atoms with Crippen LogP contribution in [-0.2, 0) is 11.2 Å². The number of nitrogens with one attached hydrogen (secondary N) is 1. The highest BCUT2D eigenvalue weighted by Crippen LogP contribution is 2.31. The number of rotatable bonds is 8. The molecule has 1 aliphatic heterocycles. The van der Waals surface area contributed by atoms with Gasteiger partial charge in [0.15, 0.2) is 0 Å². The molecule has 1 fully saturated rings. The molecule has 0 spiro atoms. The summed E-state index contributed by atoms with van der Waals surface area (Å²) in [5.41, 5.74) is 9.46. The second-order valence-corrected chi connectivity index (χ2v) is 8.69. The Morgan fingerprint density at radius 2 is 1.90 bits per heavy atom. The molecule has 0 bridgehead atoms. The SMILES string of the molecule is CC(c1ccccc1)C(C[C@@H](Cc1ccc2[nH]ncc2c1)N1CCCCC1)C(N)=O. The lowest BCUT2D eigenvalue weighted by Crippen LogP contribution is -2.44. The molecule has 5 heteroatoms. The lowest BCUT2D eigenvalue weighted by atomic mass is 9.81. The second-order valence-electron chi connectivity index (χ2n) is 8.69. The van der Waals surface area contributed by atoms with E-state index in [2.05, 4.69) is 52.4 Å². The van der Waals surface area contributed by atoms with E-state index in [-0.39, 0.29) is 17.7 Å². The van der Waals surface area contributed by atoms with Crippen LogP contribution in [0.4, 0.5) is 0 Å². The second kappa shape index (κ2) is 9.43. The zero-order chi connectivity index (χ0) is 20.9. The molecule has 3 atom stereocenters. The number of amides is 1. The van der Waals surface area contributed by atoms with Crippen LogP contribution < -0.4 is 5.73 Å². The van der Waals surface area contributed by atoms with Gasteiger partial charge < -0.3 is 10.6 Å². The number of likely N-dealkylation sites (tertiary alicyclic amines) is 1. The highest BCUT2D eigenvalue weighted by molar-refractivity contribution is 5.79. The van der Waals surface area contributed by atoms with Gasteiger partial charge in [-0.15, -0.1) is 0 Å². The number of fused-ring (bicyclic) bond motifs is 1. The van der Waals surface area contributed by atoms with E-state index >= 15 is 0 Å². The standard InChI is InChI=1S/C25H32N4O/c1-18(20-8-4-2-5-9-20)23(25(26)30)16-22(29-12-6-3-7-13-29)15-19-10-11-24-21(14-19)17-27-28-24/h2,4-5,8-11,14,17-18,22-23H,3,6-7,12-13,15-16H2,1H3,(H2,26,30)(H,27,28)/t18?,22-,23?/m1/s1. The van der Waals surface area contributed by atoms with Crippen molar-refractivity contribution in [2.45, 2.75) is 51.0 Å². The molecular formula is C25H32N4O. The third kappa shape index (κ3) is 4.73. The van der Waals surface area contributed by atoms with Gasteiger partial charge in [0.05, 0.1) is 11.7 Å². The minimum absolute atomic E-state index is 0.104. The maximum Gasteiger partial charge on any atom is 0.221 e. The minimum atomic E-state index is -0.196. The van der Waals surface area contributed by atoms with Gasteiger partial charge in [-0.3, -0.25) is 9.89 Å². The van der Waals surface area contributed by atoms with Crippen LogP contribution in [0.5, 0.6) is 0 Å². The van der Waals surface area contributed by atoms with Gasteiger partial charge in [0.1, 0.15) is 0 Å². The molecular weight excluding hydrogens is 372 g/mol. The van der Waals surface area contributed by atoms with Crippen molar-refractivity contribution in [3.63, 3.8) is 0 Å². The number of hydrogen-bond donors (Lipinski definition) is 2. The fourth-order valence-electron chi connectivity index (χ4n) is 4.88. The molecule has 2 heterocycles. The van der Waals surface area contributed by atoms with Gasteiger partial charge in [-0.25, -0.2) is 0 Å². The normalized spacial score (nSPS) is 18.2. The molecule has 1 amide bonds. The number of benzene rings is 2. The zero-order valence-electron chi connectivity index (χ0n) is 17.8. The fourth-order valence-corrected chi connectivity index (χ4v) is 4.88. The fraction of sp³-hybridized carbons (Fsp3) is 0.440. The van der Waals surface area contributed by atoms with Crippen LogP contribution in [0.3, 0.4) is 0 Å². The van der Waals surface area contributed by atoms with Crippen LogP contribution in [0.2, 0.25) is 0 Å². The van der Waals surface area contributed by atoms with Gasteiger partial charge in [-0.2, -0.15) is 5.10 Å². The number of piperidine rings is 1. The van der Waals surface area contributed by atoms with E-state index in [9.17, 15) is 4.79 Å². The van der Waals surface area contributed by atoms with Crippen molar-refractivity contribution in [1.29, 1.82) is 0 Å². The number of nitrogens with two attached hydrogens (primary N) is 1. The van der Waals surface area contributed by atoms with Crippen LogP contribution in [0.15, 0.2) is 54.7 Å². The summed E-state index contributed by atoms with van der Waals surface area (Å²) in [7, 11) is 0. The topological polar surface area (TPSA) is 75.0 Å². The molecule has 0 aliphatic carbocycles. The number of aromatic amines is 1. The van der Waals surface area contributed by atoms with Crippen LogP contribution in [0.1, 0.15) is 49.7 Å². The van der Waals surface area contributed by atoms with Gasteiger partial charge in [-0.1, -0.05) is 49.7 Å². The van der Waals surface area contributed by atoms with E-state index in [0.717, 1.165) is 36.8 Å². The maximum atomic E-state index is 12.5. The number of nitrogens with zero attached hydrogens (tertiary/aromatic N) is 2. The first-order valence-corrected chi connectivity index (χ1v) is 11.1. The van der Waals surface area contributed by atoms with Gasteiger partial charge in [0, 0.05) is 17.3 Å². The molecule has 158 valence electrons. The number of primary amides is 1. The molecule has 0 saturated carbocycles. The molecule has 1 aliphatic rings. The van der Waals surface area contributed by atoms with Crippen LogP contribution >= 0.6 is 0 Å². The lowest BCUT2D eigenvalue weighted by Gasteiger charge is -2.37. The molecule has 1 saturated heterocycles. The predicted molar refractivity (Wildman–Crippen MR) is 121 cm³/mol. The Bertz CT molecular complexity index is 961. The summed E-state index contributed by atoms with van der Waals surface area (Å²) in [5.74, 6) is -0.275. The molecule has 30 heavy (non-hydrogen) atoms. The minimum Gasteiger partial charge on any atom is -0.369 e. The summed E-state index contributed by atoms with van der Waals surface area (Å²) in [6.45, 7) is 4.34. The van der Waals surface area contributed by atoms with Crippen molar-refractivity contribution in [1.82, 2.24) is 15.1 Å². The van der Waals surface area contributed by atoms with Crippen molar-refractivity contribution >= 4 is 16.8 Å². The first-order valence-electron chi connectivity index (χ1n) is 11.1. The van der Waals surface area contributed by atoms with E-state index in [1.54, 1.807) is 0 Å². The Morgan fingerprint density at radius 3 is 2.63 bits per heavy atom. The summed E-state index contributed by atoms with van der Waals surface area (Å²) >= 11 is 0. The third-order valence-corrected chi connectivity index (χ3v) is 6.70. The number of H-pyrrole nitrogens is 1. The smallest absolute Gasteiger partial charge is 0.221 e. The molecule has 2 unspecified atom stereocenters. The Morgan fingerprint density at radius 1 is 1.13 bits per heavy atom. The summed E-state index contributed by atoms with van der Waals surface area (Å²) in [5, 5.41) is 8.30. The summed E-state index contributed by atoms with van der Waals surface area (Å²) in [4.78, 5) is 15.1. The number of hydrogen-bond acceptors (Lipinski definition) is 3. The van der Waals surface area contributed by atoms with Gasteiger partial charge in [0.2, 0.25) is 5.91 Å². The molecule has 4 rings (SSSR count). The largest absolute Gasteiger partial charge is 0.369 e. The van der Waals surface area contributed by atoms with E-state index in [0.29, 0.717) is 6.04 Å². The Kier molecular flexibility index (Phi) is 6.48.